The summed E-state index contributed by atoms with van der Waals surface area (Å²) in [5.41, 5.74) is -0.691. The summed E-state index contributed by atoms with van der Waals surface area (Å²) in [6.07, 6.45) is 0. The average molecular weight is 370 g/mol. The van der Waals surface area contributed by atoms with Crippen molar-refractivity contribution in [3.63, 3.8) is 0 Å². The molecule has 0 radical (unpaired) electrons. The Morgan fingerprint density at radius 3 is 2.73 bits per heavy atom. The summed E-state index contributed by atoms with van der Waals surface area (Å²) in [6.45, 7) is 3.45. The predicted octanol–water partition coefficient (Wildman–Crippen LogP) is 3.76. The zero-order valence-corrected chi connectivity index (χ0v) is 15.0. The maximum atomic E-state index is 12.9. The number of amides is 3. The van der Waals surface area contributed by atoms with Gasteiger partial charge in [-0.15, -0.1) is 0 Å². The van der Waals surface area contributed by atoms with Gasteiger partial charge in [-0.25, -0.2) is 9.78 Å². The molecule has 1 saturated heterocycles. The number of benzene rings is 1. The van der Waals surface area contributed by atoms with Gasteiger partial charge in [0.25, 0.3) is 5.91 Å². The van der Waals surface area contributed by atoms with E-state index in [9.17, 15) is 9.59 Å². The van der Waals surface area contributed by atoms with E-state index in [1.54, 1.807) is 26.0 Å². The third-order valence-electron chi connectivity index (χ3n) is 4.58. The lowest BCUT2D eigenvalue weighted by molar-refractivity contribution is -0.132. The lowest BCUT2D eigenvalue weighted by Crippen LogP contribution is -2.40. The quantitative estimate of drug-likeness (QED) is 0.563. The van der Waals surface area contributed by atoms with Gasteiger partial charge < -0.3 is 9.73 Å². The number of nitrogens with one attached hydrogen (secondary N) is 1. The molecule has 3 aromatic rings. The van der Waals surface area contributed by atoms with Crippen LogP contribution in [0.25, 0.3) is 10.8 Å². The highest BCUT2D eigenvalue weighted by Crippen LogP contribution is 2.31. The summed E-state index contributed by atoms with van der Waals surface area (Å²) in [5.74, 6) is 0.688. The Kier molecular flexibility index (Phi) is 3.73. The fourth-order valence-electron chi connectivity index (χ4n) is 3.16. The largest absolute Gasteiger partial charge is 0.463 e. The molecule has 1 aromatic carbocycles. The van der Waals surface area contributed by atoms with Crippen LogP contribution in [-0.4, -0.2) is 21.8 Å². The van der Waals surface area contributed by atoms with Gasteiger partial charge in [0.05, 0.1) is 12.2 Å². The van der Waals surface area contributed by atoms with Gasteiger partial charge in [-0.3, -0.25) is 9.69 Å². The molecule has 1 N–H and O–H groups in total. The molecule has 1 aliphatic heterocycles. The number of pyridine rings is 1. The molecule has 1 fully saturated rings. The first kappa shape index (κ1) is 16.6. The maximum Gasteiger partial charge on any atom is 0.325 e. The van der Waals surface area contributed by atoms with Crippen LogP contribution in [0.1, 0.15) is 24.1 Å². The molecule has 4 rings (SSSR count). The molecule has 1 atom stereocenters. The van der Waals surface area contributed by atoms with Crippen molar-refractivity contribution in [1.29, 1.82) is 0 Å². The molecule has 1 aliphatic rings. The second kappa shape index (κ2) is 5.85. The fourth-order valence-corrected chi connectivity index (χ4v) is 3.44. The molecular weight excluding hydrogens is 354 g/mol. The lowest BCUT2D eigenvalue weighted by atomic mass is 9.99. The summed E-state index contributed by atoms with van der Waals surface area (Å²) in [6, 6.07) is 12.4. The van der Waals surface area contributed by atoms with E-state index in [0.29, 0.717) is 22.4 Å². The van der Waals surface area contributed by atoms with Crippen molar-refractivity contribution in [3.8, 4) is 0 Å². The number of carbonyl (C=O) groups excluding carboxylic acids is 2. The second-order valence-corrected chi connectivity index (χ2v) is 6.84. The van der Waals surface area contributed by atoms with Crippen molar-refractivity contribution in [3.05, 3.63) is 64.8 Å². The van der Waals surface area contributed by atoms with E-state index in [1.807, 2.05) is 30.3 Å². The summed E-state index contributed by atoms with van der Waals surface area (Å²) in [4.78, 5) is 30.8. The van der Waals surface area contributed by atoms with Gasteiger partial charge >= 0.3 is 6.03 Å². The minimum Gasteiger partial charge on any atom is -0.463 e. The van der Waals surface area contributed by atoms with Crippen LogP contribution >= 0.6 is 11.6 Å². The number of nitrogens with zero attached hydrogens (tertiary/aromatic N) is 2. The summed E-state index contributed by atoms with van der Waals surface area (Å²) in [7, 11) is 0. The maximum absolute atomic E-state index is 12.9. The Morgan fingerprint density at radius 2 is 2.00 bits per heavy atom. The Morgan fingerprint density at radius 1 is 1.23 bits per heavy atom. The highest BCUT2D eigenvalue weighted by Gasteiger charge is 2.51. The molecule has 0 spiro atoms. The van der Waals surface area contributed by atoms with Gasteiger partial charge in [-0.05, 0) is 37.4 Å². The van der Waals surface area contributed by atoms with Crippen LogP contribution < -0.4 is 5.32 Å². The molecule has 7 heteroatoms. The van der Waals surface area contributed by atoms with E-state index in [-0.39, 0.29) is 12.5 Å². The zero-order valence-electron chi connectivity index (χ0n) is 14.2. The van der Waals surface area contributed by atoms with Crippen molar-refractivity contribution >= 4 is 34.3 Å². The Balaban J connectivity index is 1.67. The SMILES string of the molecule is Cc1ccc([C@@]2(C)NC(=O)N(Cc3cc4ccccc4c(Cl)n3)C2=O)o1. The number of furan rings is 1. The molecule has 26 heavy (non-hydrogen) atoms. The third-order valence-corrected chi connectivity index (χ3v) is 4.86. The summed E-state index contributed by atoms with van der Waals surface area (Å²) < 4.78 is 5.57. The van der Waals surface area contributed by atoms with Crippen LogP contribution in [-0.2, 0) is 16.9 Å². The number of aromatic nitrogens is 1. The number of urea groups is 1. The molecule has 3 amide bonds. The van der Waals surface area contributed by atoms with Gasteiger partial charge in [0.2, 0.25) is 0 Å². The van der Waals surface area contributed by atoms with E-state index in [1.165, 1.54) is 0 Å². The molecule has 0 unspecified atom stereocenters. The van der Waals surface area contributed by atoms with Crippen molar-refractivity contribution in [2.75, 3.05) is 0 Å². The van der Waals surface area contributed by atoms with Crippen LogP contribution in [0.4, 0.5) is 4.79 Å². The Bertz CT molecular complexity index is 1050. The number of rotatable bonds is 3. The van der Waals surface area contributed by atoms with Gasteiger partial charge in [0.15, 0.2) is 5.54 Å². The number of imide groups is 1. The lowest BCUT2D eigenvalue weighted by Gasteiger charge is -2.19. The molecule has 0 aliphatic carbocycles. The molecule has 2 aromatic heterocycles. The molecule has 132 valence electrons. The normalized spacial score (nSPS) is 20.0. The van der Waals surface area contributed by atoms with Gasteiger partial charge in [0.1, 0.15) is 16.7 Å². The smallest absolute Gasteiger partial charge is 0.325 e. The predicted molar refractivity (Wildman–Crippen MR) is 96.6 cm³/mol. The van der Waals surface area contributed by atoms with Crippen LogP contribution in [0.5, 0.6) is 0 Å². The fraction of sp³-hybridized carbons (Fsp3) is 0.211. The number of hydrogen-bond acceptors (Lipinski definition) is 4. The Labute approximate surface area is 154 Å². The molecule has 0 saturated carbocycles. The highest BCUT2D eigenvalue weighted by molar-refractivity contribution is 6.34. The van der Waals surface area contributed by atoms with Gasteiger partial charge in [-0.2, -0.15) is 0 Å². The number of aryl methyl sites for hydroxylation is 1. The first-order valence-corrected chi connectivity index (χ1v) is 8.51. The third kappa shape index (κ3) is 2.54. The highest BCUT2D eigenvalue weighted by atomic mass is 35.5. The Hall–Kier alpha value is -2.86. The number of halogens is 1. The second-order valence-electron chi connectivity index (χ2n) is 6.48. The average Bonchev–Trinajstić information content (AvgIpc) is 3.13. The van der Waals surface area contributed by atoms with Crippen molar-refractivity contribution < 1.29 is 14.0 Å². The van der Waals surface area contributed by atoms with Gasteiger partial charge in [-0.1, -0.05) is 35.9 Å². The van der Waals surface area contributed by atoms with E-state index in [2.05, 4.69) is 10.3 Å². The number of fused-ring (bicyclic) bond motifs is 1. The van der Waals surface area contributed by atoms with E-state index in [4.69, 9.17) is 16.0 Å². The van der Waals surface area contributed by atoms with Crippen molar-refractivity contribution in [1.82, 2.24) is 15.2 Å². The van der Waals surface area contributed by atoms with Crippen LogP contribution in [0.15, 0.2) is 46.9 Å². The standard InChI is InChI=1S/C19H16ClN3O3/c1-11-7-8-15(26-11)19(2)17(24)23(18(25)22-19)10-13-9-12-5-3-4-6-14(12)16(20)21-13/h3-9H,10H2,1-2H3,(H,22,25)/t19-/m1/s1. The number of carbonyl (C=O) groups is 2. The van der Waals surface area contributed by atoms with E-state index in [0.717, 1.165) is 15.7 Å². The summed E-state index contributed by atoms with van der Waals surface area (Å²) >= 11 is 6.24. The minimum absolute atomic E-state index is 0.0322. The van der Waals surface area contributed by atoms with E-state index >= 15 is 0 Å². The van der Waals surface area contributed by atoms with Crippen LogP contribution in [0.3, 0.4) is 0 Å². The number of hydrogen-bond donors (Lipinski definition) is 1. The van der Waals surface area contributed by atoms with Crippen molar-refractivity contribution in [2.24, 2.45) is 0 Å². The molecule has 6 nitrogen and oxygen atoms in total. The van der Waals surface area contributed by atoms with Crippen LogP contribution in [0, 0.1) is 6.92 Å². The molecule has 0 bridgehead atoms. The minimum atomic E-state index is -1.23. The monoisotopic (exact) mass is 369 g/mol. The first-order valence-electron chi connectivity index (χ1n) is 8.14. The first-order chi connectivity index (χ1) is 12.4. The van der Waals surface area contributed by atoms with Gasteiger partial charge in [0, 0.05) is 5.39 Å². The van der Waals surface area contributed by atoms with Crippen LogP contribution in [0.2, 0.25) is 5.15 Å². The zero-order chi connectivity index (χ0) is 18.5. The van der Waals surface area contributed by atoms with E-state index < -0.39 is 11.6 Å². The molecule has 3 heterocycles. The van der Waals surface area contributed by atoms with Crippen molar-refractivity contribution in [2.45, 2.75) is 25.9 Å². The summed E-state index contributed by atoms with van der Waals surface area (Å²) in [5, 5.41) is 4.78. The molecular formula is C19H16ClN3O3. The topological polar surface area (TPSA) is 75.4 Å².